The Balaban J connectivity index is 2.23. The number of nitrogens with zero attached hydrogens (tertiary/aromatic N) is 1. The molecule has 24 heavy (non-hydrogen) atoms. The molecule has 1 aromatic carbocycles. The van der Waals surface area contributed by atoms with E-state index in [0.29, 0.717) is 12.5 Å². The van der Waals surface area contributed by atoms with E-state index in [4.69, 9.17) is 9.57 Å². The van der Waals surface area contributed by atoms with Gasteiger partial charge in [0.2, 0.25) is 0 Å². The van der Waals surface area contributed by atoms with E-state index in [1.165, 1.54) is 20.6 Å². The Morgan fingerprint density at radius 3 is 2.50 bits per heavy atom. The summed E-state index contributed by atoms with van der Waals surface area (Å²) in [5.74, 6) is -0.287. The predicted octanol–water partition coefficient (Wildman–Crippen LogP) is 4.30. The minimum Gasteiger partial charge on any atom is -0.492 e. The van der Waals surface area contributed by atoms with Crippen molar-refractivity contribution in [3.8, 4) is 5.75 Å². The summed E-state index contributed by atoms with van der Waals surface area (Å²) in [6.07, 6.45) is 0.907. The monoisotopic (exact) mass is 345 g/mol. The van der Waals surface area contributed by atoms with E-state index in [2.05, 4.69) is 0 Å². The maximum atomic E-state index is 12.9. The highest BCUT2D eigenvalue weighted by atomic mass is 19.4. The molecule has 1 aromatic rings. The van der Waals surface area contributed by atoms with Crippen molar-refractivity contribution in [2.24, 2.45) is 5.92 Å². The third kappa shape index (κ3) is 4.63. The SMILES string of the molecule is CON(C)C(=O)c1ccc(C(F)(F)F)cc1OCC1CCCCC1. The van der Waals surface area contributed by atoms with Gasteiger partial charge < -0.3 is 4.74 Å². The molecule has 1 saturated carbocycles. The van der Waals surface area contributed by atoms with Gasteiger partial charge in [-0.25, -0.2) is 5.06 Å². The number of rotatable bonds is 5. The summed E-state index contributed by atoms with van der Waals surface area (Å²) in [6.45, 7) is 0.318. The van der Waals surface area contributed by atoms with Crippen molar-refractivity contribution in [3.63, 3.8) is 0 Å². The van der Waals surface area contributed by atoms with Gasteiger partial charge in [-0.1, -0.05) is 19.3 Å². The Hall–Kier alpha value is -1.76. The second-order valence-electron chi connectivity index (χ2n) is 6.01. The molecule has 0 atom stereocenters. The molecule has 0 radical (unpaired) electrons. The van der Waals surface area contributed by atoms with Crippen LogP contribution in [0.15, 0.2) is 18.2 Å². The summed E-state index contributed by atoms with van der Waals surface area (Å²) in [5, 5.41) is 0.954. The first-order valence-corrected chi connectivity index (χ1v) is 7.99. The Morgan fingerprint density at radius 1 is 1.25 bits per heavy atom. The smallest absolute Gasteiger partial charge is 0.416 e. The molecule has 1 amide bonds. The number of carbonyl (C=O) groups excluding carboxylic acids is 1. The molecule has 2 rings (SSSR count). The van der Waals surface area contributed by atoms with Crippen molar-refractivity contribution in [2.45, 2.75) is 38.3 Å². The Morgan fingerprint density at radius 2 is 1.92 bits per heavy atom. The molecular weight excluding hydrogens is 323 g/mol. The zero-order valence-corrected chi connectivity index (χ0v) is 13.9. The van der Waals surface area contributed by atoms with Gasteiger partial charge in [0, 0.05) is 7.05 Å². The first-order chi connectivity index (χ1) is 11.3. The molecule has 0 spiro atoms. The van der Waals surface area contributed by atoms with Crippen LogP contribution in [0.3, 0.4) is 0 Å². The van der Waals surface area contributed by atoms with Crippen molar-refractivity contribution in [2.75, 3.05) is 20.8 Å². The number of halogens is 3. The maximum Gasteiger partial charge on any atom is 0.416 e. The van der Waals surface area contributed by atoms with Gasteiger partial charge >= 0.3 is 6.18 Å². The molecule has 7 heteroatoms. The van der Waals surface area contributed by atoms with Crippen molar-refractivity contribution >= 4 is 5.91 Å². The molecule has 0 unspecified atom stereocenters. The average Bonchev–Trinajstić information content (AvgIpc) is 2.58. The molecule has 134 valence electrons. The quantitative estimate of drug-likeness (QED) is 0.747. The highest BCUT2D eigenvalue weighted by Gasteiger charge is 2.32. The lowest BCUT2D eigenvalue weighted by Gasteiger charge is -2.23. The lowest BCUT2D eigenvalue weighted by Crippen LogP contribution is -2.26. The van der Waals surface area contributed by atoms with E-state index < -0.39 is 17.6 Å². The number of amides is 1. The number of hydrogen-bond acceptors (Lipinski definition) is 3. The second-order valence-corrected chi connectivity index (χ2v) is 6.01. The molecule has 0 heterocycles. The van der Waals surface area contributed by atoms with Crippen molar-refractivity contribution in [1.82, 2.24) is 5.06 Å². The van der Waals surface area contributed by atoms with Crippen molar-refractivity contribution in [3.05, 3.63) is 29.3 Å². The van der Waals surface area contributed by atoms with Crippen LogP contribution in [0.4, 0.5) is 13.2 Å². The third-order valence-electron chi connectivity index (χ3n) is 4.30. The van der Waals surface area contributed by atoms with Crippen LogP contribution >= 0.6 is 0 Å². The molecule has 1 aliphatic carbocycles. The van der Waals surface area contributed by atoms with Gasteiger partial charge in [0.1, 0.15) is 5.75 Å². The van der Waals surface area contributed by atoms with Crippen LogP contribution in [-0.2, 0) is 11.0 Å². The molecule has 0 aromatic heterocycles. The lowest BCUT2D eigenvalue weighted by atomic mass is 9.90. The van der Waals surface area contributed by atoms with Gasteiger partial charge in [0.15, 0.2) is 0 Å². The highest BCUT2D eigenvalue weighted by molar-refractivity contribution is 5.96. The highest BCUT2D eigenvalue weighted by Crippen LogP contribution is 2.34. The number of alkyl halides is 3. The summed E-state index contributed by atoms with van der Waals surface area (Å²) in [6, 6.07) is 2.90. The first-order valence-electron chi connectivity index (χ1n) is 7.99. The Labute approximate surface area is 139 Å². The first kappa shape index (κ1) is 18.6. The minimum atomic E-state index is -4.49. The fourth-order valence-corrected chi connectivity index (χ4v) is 2.81. The number of benzene rings is 1. The number of ether oxygens (including phenoxy) is 1. The van der Waals surface area contributed by atoms with Crippen LogP contribution in [-0.4, -0.2) is 31.7 Å². The summed E-state index contributed by atoms with van der Waals surface area (Å²) in [5.41, 5.74) is -0.777. The number of hydrogen-bond donors (Lipinski definition) is 0. The molecular formula is C17H22F3NO3. The lowest BCUT2D eigenvalue weighted by molar-refractivity contribution is -0.137. The van der Waals surface area contributed by atoms with E-state index >= 15 is 0 Å². The summed E-state index contributed by atoms with van der Waals surface area (Å²) >= 11 is 0. The van der Waals surface area contributed by atoms with E-state index in [1.807, 2.05) is 0 Å². The third-order valence-corrected chi connectivity index (χ3v) is 4.30. The Bertz CT molecular complexity index is 569. The Kier molecular flexibility index (Phi) is 6.10. The van der Waals surface area contributed by atoms with Crippen molar-refractivity contribution < 1.29 is 27.5 Å². The predicted molar refractivity (Wildman–Crippen MR) is 82.6 cm³/mol. The van der Waals surface area contributed by atoms with Gasteiger partial charge in [-0.3, -0.25) is 9.63 Å². The number of carbonyl (C=O) groups is 1. The largest absolute Gasteiger partial charge is 0.492 e. The molecule has 0 N–H and O–H groups in total. The van der Waals surface area contributed by atoms with Gasteiger partial charge in [0.05, 0.1) is 24.8 Å². The zero-order chi connectivity index (χ0) is 17.7. The van der Waals surface area contributed by atoms with E-state index in [-0.39, 0.29) is 11.3 Å². The molecule has 0 saturated heterocycles. The van der Waals surface area contributed by atoms with Crippen LogP contribution in [0.25, 0.3) is 0 Å². The normalized spacial score (nSPS) is 16.0. The van der Waals surface area contributed by atoms with Gasteiger partial charge in [-0.15, -0.1) is 0 Å². The van der Waals surface area contributed by atoms with Crippen LogP contribution in [0.2, 0.25) is 0 Å². The fraction of sp³-hybridized carbons (Fsp3) is 0.588. The molecule has 1 aliphatic rings. The van der Waals surface area contributed by atoms with Crippen LogP contribution in [0.1, 0.15) is 48.0 Å². The summed E-state index contributed by atoms with van der Waals surface area (Å²) in [4.78, 5) is 17.1. The molecule has 0 bridgehead atoms. The topological polar surface area (TPSA) is 38.8 Å². The van der Waals surface area contributed by atoms with E-state index in [0.717, 1.165) is 48.9 Å². The average molecular weight is 345 g/mol. The summed E-state index contributed by atoms with van der Waals surface area (Å²) < 4.78 is 44.5. The zero-order valence-electron chi connectivity index (χ0n) is 13.9. The maximum absolute atomic E-state index is 12.9. The molecule has 0 aliphatic heterocycles. The van der Waals surface area contributed by atoms with Crippen molar-refractivity contribution in [1.29, 1.82) is 0 Å². The van der Waals surface area contributed by atoms with Gasteiger partial charge in [-0.2, -0.15) is 13.2 Å². The standard InChI is InChI=1S/C17H22F3NO3/c1-21(23-2)16(22)14-9-8-13(17(18,19)20)10-15(14)24-11-12-6-4-3-5-7-12/h8-10,12H,3-7,11H2,1-2H3. The van der Waals surface area contributed by atoms with Crippen LogP contribution < -0.4 is 4.74 Å². The van der Waals surface area contributed by atoms with Crippen LogP contribution in [0.5, 0.6) is 5.75 Å². The van der Waals surface area contributed by atoms with Gasteiger partial charge in [0.25, 0.3) is 5.91 Å². The second kappa shape index (κ2) is 7.88. The molecule has 1 fully saturated rings. The van der Waals surface area contributed by atoms with E-state index in [1.54, 1.807) is 0 Å². The minimum absolute atomic E-state index is 0.0516. The fourth-order valence-electron chi connectivity index (χ4n) is 2.81. The number of hydroxylamine groups is 2. The summed E-state index contributed by atoms with van der Waals surface area (Å²) in [7, 11) is 2.70. The van der Waals surface area contributed by atoms with Crippen LogP contribution in [0, 0.1) is 5.92 Å². The van der Waals surface area contributed by atoms with E-state index in [9.17, 15) is 18.0 Å². The van der Waals surface area contributed by atoms with Gasteiger partial charge in [-0.05, 0) is 37.0 Å². The molecule has 4 nitrogen and oxygen atoms in total.